The van der Waals surface area contributed by atoms with Crippen LogP contribution in [0.3, 0.4) is 0 Å². The van der Waals surface area contributed by atoms with Gasteiger partial charge in [0.05, 0.1) is 17.9 Å². The second-order valence-corrected chi connectivity index (χ2v) is 13.9. The van der Waals surface area contributed by atoms with Crippen molar-refractivity contribution in [3.8, 4) is 11.1 Å². The number of nitrogens with zero attached hydrogens (tertiary/aromatic N) is 4. The number of hydrogen-bond donors (Lipinski definition) is 2. The molecular weight excluding hydrogens is 633 g/mol. The Labute approximate surface area is 272 Å². The molecule has 0 spiro atoms. The summed E-state index contributed by atoms with van der Waals surface area (Å²) in [5.41, 5.74) is -2.19. The van der Waals surface area contributed by atoms with E-state index in [1.54, 1.807) is 39.2 Å². The Hall–Kier alpha value is -4.01. The number of rotatable bonds is 12. The van der Waals surface area contributed by atoms with E-state index in [0.717, 1.165) is 32.2 Å². The smallest absolute Gasteiger partial charge is 0.260 e. The maximum atomic E-state index is 15.5. The number of sulfonamides is 1. The van der Waals surface area contributed by atoms with Crippen molar-refractivity contribution in [1.29, 1.82) is 0 Å². The molecule has 0 atom stereocenters. The van der Waals surface area contributed by atoms with Gasteiger partial charge in [-0.25, -0.2) is 26.6 Å². The van der Waals surface area contributed by atoms with Crippen LogP contribution in [0, 0.1) is 17.5 Å². The lowest BCUT2D eigenvalue weighted by Gasteiger charge is -2.34. The van der Waals surface area contributed by atoms with Crippen molar-refractivity contribution in [2.45, 2.75) is 63.4 Å². The van der Waals surface area contributed by atoms with E-state index in [1.807, 2.05) is 4.72 Å². The van der Waals surface area contributed by atoms with E-state index in [1.165, 1.54) is 29.0 Å². The Balaban J connectivity index is 1.42. The minimum absolute atomic E-state index is 0.140. The molecule has 10 nitrogen and oxygen atoms in total. The Morgan fingerprint density at radius 1 is 1.04 bits per heavy atom. The van der Waals surface area contributed by atoms with Gasteiger partial charge in [0.15, 0.2) is 17.5 Å². The maximum Gasteiger partial charge on any atom is 0.260 e. The standard InChI is InChI=1S/C33H39F3N6O4S/c1-20(2)42-31-22(18-37-33(39-31)38-23-10-12-24(13-11-23)41(3)14-15-46-4)16-26(32(42)43)25-17-27(34)30(29(36)28(25)35)40-47(44,45)19-21-8-6-5-7-9-21/h5-9,16-18,20,23-24,40H,10-15,19H2,1-4H3,(H,37,38,39)/t23-,24+. The first-order valence-corrected chi connectivity index (χ1v) is 17.1. The number of ether oxygens (including phenoxy) is 1. The van der Waals surface area contributed by atoms with Crippen LogP contribution in [0.15, 0.2) is 53.5 Å². The molecule has 1 aliphatic carbocycles. The summed E-state index contributed by atoms with van der Waals surface area (Å²) in [6.07, 6.45) is 5.30. The Morgan fingerprint density at radius 2 is 1.74 bits per heavy atom. The summed E-state index contributed by atoms with van der Waals surface area (Å²) < 4.78 is 79.7. The van der Waals surface area contributed by atoms with E-state index in [4.69, 9.17) is 4.74 Å². The summed E-state index contributed by atoms with van der Waals surface area (Å²) in [5, 5.41) is 3.73. The molecule has 5 rings (SSSR count). The van der Waals surface area contributed by atoms with E-state index in [9.17, 15) is 13.2 Å². The number of benzene rings is 2. The first-order valence-electron chi connectivity index (χ1n) is 15.5. The molecule has 2 aromatic heterocycles. The summed E-state index contributed by atoms with van der Waals surface area (Å²) in [5.74, 6) is -4.95. The van der Waals surface area contributed by atoms with Crippen molar-refractivity contribution in [1.82, 2.24) is 19.4 Å². The van der Waals surface area contributed by atoms with E-state index in [-0.39, 0.29) is 17.3 Å². The van der Waals surface area contributed by atoms with Gasteiger partial charge < -0.3 is 15.0 Å². The molecule has 0 aliphatic heterocycles. The molecule has 1 fully saturated rings. The van der Waals surface area contributed by atoms with Gasteiger partial charge in [0.25, 0.3) is 5.56 Å². The average Bonchev–Trinajstić information content (AvgIpc) is 3.04. The van der Waals surface area contributed by atoms with Gasteiger partial charge in [-0.15, -0.1) is 0 Å². The largest absolute Gasteiger partial charge is 0.383 e. The number of fused-ring (bicyclic) bond motifs is 1. The van der Waals surface area contributed by atoms with Crippen molar-refractivity contribution in [3.63, 3.8) is 0 Å². The monoisotopic (exact) mass is 672 g/mol. The molecule has 2 aromatic carbocycles. The fourth-order valence-electron chi connectivity index (χ4n) is 5.99. The number of likely N-dealkylation sites (N-methyl/N-ethyl adjacent to an activating group) is 1. The van der Waals surface area contributed by atoms with Gasteiger partial charge in [0.2, 0.25) is 16.0 Å². The molecule has 0 radical (unpaired) electrons. The van der Waals surface area contributed by atoms with Crippen LogP contribution in [0.4, 0.5) is 24.8 Å². The van der Waals surface area contributed by atoms with E-state index in [0.29, 0.717) is 35.6 Å². The van der Waals surface area contributed by atoms with Crippen LogP contribution in [-0.2, 0) is 20.5 Å². The molecule has 4 aromatic rings. The molecular formula is C33H39F3N6O4S. The highest BCUT2D eigenvalue weighted by atomic mass is 32.2. The van der Waals surface area contributed by atoms with E-state index >= 15 is 13.2 Å². The van der Waals surface area contributed by atoms with Crippen molar-refractivity contribution in [2.24, 2.45) is 0 Å². The minimum Gasteiger partial charge on any atom is -0.383 e. The quantitative estimate of drug-likeness (QED) is 0.184. The molecule has 0 amide bonds. The van der Waals surface area contributed by atoms with Gasteiger partial charge in [0, 0.05) is 48.9 Å². The Bertz CT molecular complexity index is 1900. The van der Waals surface area contributed by atoms with E-state index in [2.05, 4.69) is 27.2 Å². The molecule has 2 heterocycles. The normalized spacial score (nSPS) is 17.0. The minimum atomic E-state index is -4.30. The highest BCUT2D eigenvalue weighted by molar-refractivity contribution is 7.91. The van der Waals surface area contributed by atoms with Gasteiger partial charge in [-0.05, 0) is 64.3 Å². The van der Waals surface area contributed by atoms with Crippen LogP contribution in [0.1, 0.15) is 51.1 Å². The summed E-state index contributed by atoms with van der Waals surface area (Å²) in [4.78, 5) is 25.1. The second kappa shape index (κ2) is 14.4. The zero-order valence-electron chi connectivity index (χ0n) is 26.8. The lowest BCUT2D eigenvalue weighted by atomic mass is 9.90. The number of aromatic nitrogens is 3. The highest BCUT2D eigenvalue weighted by Gasteiger charge is 2.27. The lowest BCUT2D eigenvalue weighted by molar-refractivity contribution is 0.121. The SMILES string of the molecule is COCCN(C)[C@H]1CC[C@@H](Nc2ncc3cc(-c4cc(F)c(NS(=O)(=O)Cc5ccccc5)c(F)c4F)c(=O)n(C(C)C)c3n2)CC1. The summed E-state index contributed by atoms with van der Waals surface area (Å²) in [7, 11) is -0.510. The molecule has 47 heavy (non-hydrogen) atoms. The predicted molar refractivity (Wildman–Crippen MR) is 176 cm³/mol. The zero-order valence-corrected chi connectivity index (χ0v) is 27.6. The maximum absolute atomic E-state index is 15.5. The predicted octanol–water partition coefficient (Wildman–Crippen LogP) is 5.70. The van der Waals surface area contributed by atoms with Gasteiger partial charge >= 0.3 is 0 Å². The van der Waals surface area contributed by atoms with Crippen LogP contribution < -0.4 is 15.6 Å². The molecule has 0 saturated heterocycles. The summed E-state index contributed by atoms with van der Waals surface area (Å²) in [6, 6.07) is 10.1. The number of halogens is 3. The fraction of sp³-hybridized carbons (Fsp3) is 0.424. The molecule has 2 N–H and O–H groups in total. The third-order valence-electron chi connectivity index (χ3n) is 8.50. The number of nitrogens with one attached hydrogen (secondary N) is 2. The summed E-state index contributed by atoms with van der Waals surface area (Å²) in [6.45, 7) is 5.02. The number of pyridine rings is 1. The summed E-state index contributed by atoms with van der Waals surface area (Å²) >= 11 is 0. The lowest BCUT2D eigenvalue weighted by Crippen LogP contribution is -2.39. The molecule has 1 aliphatic rings. The third kappa shape index (κ3) is 7.77. The van der Waals surface area contributed by atoms with Crippen molar-refractivity contribution in [3.05, 3.63) is 82.0 Å². The van der Waals surface area contributed by atoms with Crippen molar-refractivity contribution in [2.75, 3.05) is 37.3 Å². The molecule has 14 heteroatoms. The fourth-order valence-corrected chi connectivity index (χ4v) is 7.19. The molecule has 1 saturated carbocycles. The van der Waals surface area contributed by atoms with Gasteiger partial charge in [-0.2, -0.15) is 4.98 Å². The van der Waals surface area contributed by atoms with E-state index < -0.39 is 56.1 Å². The van der Waals surface area contributed by atoms with Gasteiger partial charge in [-0.3, -0.25) is 14.1 Å². The molecule has 0 unspecified atom stereocenters. The second-order valence-electron chi connectivity index (χ2n) is 12.2. The van der Waals surface area contributed by atoms with Crippen LogP contribution in [0.5, 0.6) is 0 Å². The zero-order chi connectivity index (χ0) is 33.9. The Kier molecular flexibility index (Phi) is 10.5. The van der Waals surface area contributed by atoms with Gasteiger partial charge in [-0.1, -0.05) is 30.3 Å². The number of methoxy groups -OCH3 is 1. The van der Waals surface area contributed by atoms with Crippen LogP contribution in [0.2, 0.25) is 0 Å². The number of anilines is 2. The highest BCUT2D eigenvalue weighted by Crippen LogP contribution is 2.33. The number of hydrogen-bond acceptors (Lipinski definition) is 8. The first-order chi connectivity index (χ1) is 22.4. The topological polar surface area (TPSA) is 118 Å². The third-order valence-corrected chi connectivity index (χ3v) is 9.73. The average molecular weight is 673 g/mol. The van der Waals surface area contributed by atoms with Crippen LogP contribution >= 0.6 is 0 Å². The van der Waals surface area contributed by atoms with Crippen LogP contribution in [0.25, 0.3) is 22.2 Å². The van der Waals surface area contributed by atoms with Crippen molar-refractivity contribution < 1.29 is 26.3 Å². The molecule has 0 bridgehead atoms. The first kappa shape index (κ1) is 34.3. The molecule has 252 valence electrons. The van der Waals surface area contributed by atoms with Crippen molar-refractivity contribution >= 4 is 32.7 Å². The Morgan fingerprint density at radius 3 is 2.40 bits per heavy atom. The van der Waals surface area contributed by atoms with Gasteiger partial charge in [0.1, 0.15) is 11.3 Å². The van der Waals surface area contributed by atoms with Crippen LogP contribution in [-0.4, -0.2) is 67.2 Å².